The van der Waals surface area contributed by atoms with E-state index in [-0.39, 0.29) is 11.6 Å². The normalized spacial score (nSPS) is 13.1. The van der Waals surface area contributed by atoms with Crippen molar-refractivity contribution >= 4 is 62.3 Å². The molecule has 1 atom stereocenters. The number of aryl methyl sites for hydroxylation is 2. The fourth-order valence-corrected chi connectivity index (χ4v) is 6.73. The minimum Gasteiger partial charge on any atom is -0.350 e. The van der Waals surface area contributed by atoms with Crippen molar-refractivity contribution in [3.05, 3.63) is 92.5 Å². The van der Waals surface area contributed by atoms with Crippen LogP contribution >= 0.6 is 34.9 Å². The number of fused-ring (bicyclic) bond motifs is 1. The molecule has 0 saturated heterocycles. The molecule has 4 rings (SSSR count). The van der Waals surface area contributed by atoms with E-state index in [2.05, 4.69) is 26.2 Å². The predicted molar refractivity (Wildman–Crippen MR) is 138 cm³/mol. The summed E-state index contributed by atoms with van der Waals surface area (Å²) in [6, 6.07) is 18.6. The molecule has 0 saturated carbocycles. The maximum atomic E-state index is 14.4. The number of benzene rings is 3. The summed E-state index contributed by atoms with van der Waals surface area (Å²) in [5, 5.41) is 4.86. The molecule has 1 aromatic heterocycles. The Morgan fingerprint density at radius 2 is 1.73 bits per heavy atom. The van der Waals surface area contributed by atoms with Crippen LogP contribution in [0.25, 0.3) is 10.9 Å². The van der Waals surface area contributed by atoms with Crippen molar-refractivity contribution in [3.8, 4) is 0 Å². The first-order valence-electron chi connectivity index (χ1n) is 10.3. The minimum atomic E-state index is -3.63. The molecule has 0 aliphatic heterocycles. The average Bonchev–Trinajstić information content (AvgIpc) is 3.16. The Morgan fingerprint density at radius 3 is 2.36 bits per heavy atom. The first-order chi connectivity index (χ1) is 15.7. The van der Waals surface area contributed by atoms with Crippen LogP contribution in [0.3, 0.4) is 0 Å². The number of hydrogen-bond acceptors (Lipinski definition) is 3. The molecule has 0 bridgehead atoms. The highest BCUT2D eigenvalue weighted by Gasteiger charge is 2.36. The summed E-state index contributed by atoms with van der Waals surface area (Å²) in [6.07, 6.45) is 0. The summed E-state index contributed by atoms with van der Waals surface area (Å²) in [5.74, 6) is -0.373. The zero-order valence-electron chi connectivity index (χ0n) is 18.4. The van der Waals surface area contributed by atoms with E-state index >= 15 is 0 Å². The van der Waals surface area contributed by atoms with Gasteiger partial charge in [0.1, 0.15) is 5.69 Å². The van der Waals surface area contributed by atoms with Gasteiger partial charge >= 0.3 is 0 Å². The molecule has 33 heavy (non-hydrogen) atoms. The maximum absolute atomic E-state index is 14.4. The van der Waals surface area contributed by atoms with Gasteiger partial charge in [0.05, 0.1) is 5.30 Å². The maximum Gasteiger partial charge on any atom is 0.268 e. The predicted octanol–water partition coefficient (Wildman–Crippen LogP) is 6.01. The van der Waals surface area contributed by atoms with Crippen molar-refractivity contribution in [1.29, 1.82) is 0 Å². The topological polar surface area (TPSA) is 71.2 Å². The highest BCUT2D eigenvalue weighted by atomic mass is 79.9. The van der Waals surface area contributed by atoms with Crippen LogP contribution in [0.15, 0.2) is 65.1 Å². The summed E-state index contributed by atoms with van der Waals surface area (Å²) in [4.78, 5) is 16.5. The monoisotopic (exact) mass is 544 g/mol. The van der Waals surface area contributed by atoms with Crippen LogP contribution in [0, 0.1) is 13.8 Å². The van der Waals surface area contributed by atoms with Gasteiger partial charge < -0.3 is 14.8 Å². The third kappa shape index (κ3) is 4.80. The molecule has 0 fully saturated rings. The summed E-state index contributed by atoms with van der Waals surface area (Å²) in [7, 11) is -2.22. The second-order valence-electron chi connectivity index (χ2n) is 7.93. The second kappa shape index (κ2) is 9.47. The molecule has 1 amide bonds. The third-order valence-electron chi connectivity index (χ3n) is 5.42. The van der Waals surface area contributed by atoms with E-state index in [0.29, 0.717) is 33.1 Å². The van der Waals surface area contributed by atoms with Crippen molar-refractivity contribution in [2.75, 3.05) is 7.11 Å². The molecule has 0 spiro atoms. The third-order valence-corrected chi connectivity index (χ3v) is 8.69. The lowest BCUT2D eigenvalue weighted by atomic mass is 10.2. The van der Waals surface area contributed by atoms with Crippen LogP contribution in [0.1, 0.15) is 27.2 Å². The van der Waals surface area contributed by atoms with Crippen molar-refractivity contribution < 1.29 is 13.9 Å². The van der Waals surface area contributed by atoms with Crippen LogP contribution < -0.4 is 15.9 Å². The fourth-order valence-electron chi connectivity index (χ4n) is 3.94. The van der Waals surface area contributed by atoms with Gasteiger partial charge in [-0.3, -0.25) is 9.36 Å². The Labute approximate surface area is 206 Å². The minimum absolute atomic E-state index is 0.203. The molecule has 0 radical (unpaired) electrons. The number of amides is 1. The number of halogens is 2. The molecule has 1 unspecified atom stereocenters. The van der Waals surface area contributed by atoms with E-state index < -0.39 is 7.37 Å². The first-order valence-corrected chi connectivity index (χ1v) is 13.1. The lowest BCUT2D eigenvalue weighted by molar-refractivity contribution is 0.0947. The number of rotatable bonds is 6. The quantitative estimate of drug-likeness (QED) is 0.292. The molecule has 2 N–H and O–H groups in total. The number of hydrogen-bond donors (Lipinski definition) is 2. The number of H-pyrrole nitrogens is 1. The Hall–Kier alpha value is -2.37. The molecular weight excluding hydrogens is 523 g/mol. The molecule has 170 valence electrons. The van der Waals surface area contributed by atoms with Crippen LogP contribution in [0.5, 0.6) is 0 Å². The van der Waals surface area contributed by atoms with Crippen LogP contribution in [-0.4, -0.2) is 18.0 Å². The highest BCUT2D eigenvalue weighted by molar-refractivity contribution is 9.10. The zero-order chi connectivity index (χ0) is 23.8. The van der Waals surface area contributed by atoms with Crippen molar-refractivity contribution in [2.24, 2.45) is 0 Å². The van der Waals surface area contributed by atoms with Crippen LogP contribution in [0.4, 0.5) is 0 Å². The van der Waals surface area contributed by atoms with Gasteiger partial charge in [-0.25, -0.2) is 0 Å². The molecular formula is C25H23BrClN2O3P. The van der Waals surface area contributed by atoms with Gasteiger partial charge in [-0.1, -0.05) is 56.9 Å². The van der Waals surface area contributed by atoms with Gasteiger partial charge in [-0.05, 0) is 61.9 Å². The largest absolute Gasteiger partial charge is 0.350 e. The molecule has 8 heteroatoms. The molecule has 5 nitrogen and oxygen atoms in total. The Bertz CT molecular complexity index is 1380. The first kappa shape index (κ1) is 23.8. The van der Waals surface area contributed by atoms with Gasteiger partial charge in [0.15, 0.2) is 0 Å². The van der Waals surface area contributed by atoms with Crippen LogP contribution in [-0.2, 0) is 15.6 Å². The zero-order valence-corrected chi connectivity index (χ0v) is 21.6. The smallest absolute Gasteiger partial charge is 0.268 e. The van der Waals surface area contributed by atoms with Gasteiger partial charge in [0.2, 0.25) is 0 Å². The highest BCUT2D eigenvalue weighted by Crippen LogP contribution is 2.47. The molecule has 1 heterocycles. The SMILES string of the molecule is COP(=O)(c1cc(C)cc(C)c1)c1c(C(=O)NCc2ccc(Br)cc2)[nH]c2ccc(Cl)cc12. The Morgan fingerprint density at radius 1 is 1.06 bits per heavy atom. The fraction of sp³-hybridized carbons (Fsp3) is 0.160. The van der Waals surface area contributed by atoms with E-state index in [0.717, 1.165) is 21.2 Å². The van der Waals surface area contributed by atoms with E-state index in [9.17, 15) is 9.36 Å². The number of aromatic nitrogens is 1. The van der Waals surface area contributed by atoms with Gasteiger partial charge in [-0.15, -0.1) is 0 Å². The number of aromatic amines is 1. The number of carbonyl (C=O) groups excluding carboxylic acids is 1. The van der Waals surface area contributed by atoms with E-state index in [1.165, 1.54) is 7.11 Å². The molecule has 4 aromatic rings. The summed E-state index contributed by atoms with van der Waals surface area (Å²) in [6.45, 7) is 4.20. The van der Waals surface area contributed by atoms with Gasteiger partial charge in [0, 0.05) is 39.4 Å². The Kier molecular flexibility index (Phi) is 6.83. The summed E-state index contributed by atoms with van der Waals surface area (Å²) < 4.78 is 21.1. The van der Waals surface area contributed by atoms with E-state index in [4.69, 9.17) is 16.1 Å². The van der Waals surface area contributed by atoms with Gasteiger partial charge in [-0.2, -0.15) is 0 Å². The lowest BCUT2D eigenvalue weighted by Crippen LogP contribution is -2.30. The van der Waals surface area contributed by atoms with E-state index in [1.807, 2.05) is 56.3 Å². The van der Waals surface area contributed by atoms with Crippen molar-refractivity contribution in [1.82, 2.24) is 10.3 Å². The lowest BCUT2D eigenvalue weighted by Gasteiger charge is -2.19. The number of nitrogens with one attached hydrogen (secondary N) is 2. The van der Waals surface area contributed by atoms with Crippen LogP contribution in [0.2, 0.25) is 5.02 Å². The molecule has 0 aliphatic carbocycles. The average molecular weight is 546 g/mol. The second-order valence-corrected chi connectivity index (χ2v) is 11.7. The Balaban J connectivity index is 1.84. The number of carbonyl (C=O) groups is 1. The van der Waals surface area contributed by atoms with E-state index in [1.54, 1.807) is 18.2 Å². The van der Waals surface area contributed by atoms with Crippen molar-refractivity contribution in [3.63, 3.8) is 0 Å². The summed E-state index contributed by atoms with van der Waals surface area (Å²) >= 11 is 9.69. The standard InChI is InChI=1S/C25H23BrClN2O3P/c1-15-10-16(2)12-20(11-15)33(31,32-3)24-21-13-19(27)8-9-22(21)29-23(24)25(30)28-14-17-4-6-18(26)7-5-17/h4-13,29H,14H2,1-3H3,(H,28,30). The summed E-state index contributed by atoms with van der Waals surface area (Å²) in [5.41, 5.74) is 3.72. The van der Waals surface area contributed by atoms with Crippen molar-refractivity contribution in [2.45, 2.75) is 20.4 Å². The molecule has 0 aliphatic rings. The molecule has 3 aromatic carbocycles. The van der Waals surface area contributed by atoms with Gasteiger partial charge in [0.25, 0.3) is 13.3 Å².